The molecule has 0 aliphatic heterocycles. The lowest BCUT2D eigenvalue weighted by Gasteiger charge is -1.98. The number of carbonyl (C=O) groups is 1. The third-order valence-corrected chi connectivity index (χ3v) is 3.56. The Hall–Kier alpha value is -2.48. The lowest BCUT2D eigenvalue weighted by atomic mass is 10.2. The third kappa shape index (κ3) is 2.45. The molecule has 0 atom stereocenters. The van der Waals surface area contributed by atoms with E-state index in [-0.39, 0.29) is 11.7 Å². The van der Waals surface area contributed by atoms with Gasteiger partial charge in [-0.2, -0.15) is 4.98 Å². The van der Waals surface area contributed by atoms with Crippen LogP contribution in [-0.4, -0.2) is 26.3 Å². The van der Waals surface area contributed by atoms with Crippen molar-refractivity contribution in [1.82, 2.24) is 15.2 Å². The highest BCUT2D eigenvalue weighted by Crippen LogP contribution is 2.25. The highest BCUT2D eigenvalue weighted by molar-refractivity contribution is 7.98. The molecule has 0 aliphatic carbocycles. The van der Waals surface area contributed by atoms with Crippen LogP contribution in [0, 0.1) is 0 Å². The zero-order valence-corrected chi connectivity index (χ0v) is 11.0. The van der Waals surface area contributed by atoms with Crippen LogP contribution in [0.4, 0.5) is 5.95 Å². The predicted octanol–water partition coefficient (Wildman–Crippen LogP) is 2.12. The summed E-state index contributed by atoms with van der Waals surface area (Å²) in [6.45, 7) is 0. The van der Waals surface area contributed by atoms with Crippen LogP contribution in [0.2, 0.25) is 0 Å². The second-order valence-electron chi connectivity index (χ2n) is 4.08. The maximum atomic E-state index is 10.8. The van der Waals surface area contributed by atoms with Gasteiger partial charge in [-0.05, 0) is 23.8 Å². The maximum Gasteiger partial charge on any atom is 0.371 e. The van der Waals surface area contributed by atoms with Gasteiger partial charge in [-0.25, -0.2) is 9.89 Å². The number of carboxylic acids is 1. The Balaban J connectivity index is 1.80. The van der Waals surface area contributed by atoms with Crippen LogP contribution in [0.3, 0.4) is 0 Å². The number of fused-ring (bicyclic) bond motifs is 1. The number of furan rings is 1. The average molecular weight is 290 g/mol. The minimum atomic E-state index is -1.08. The number of carboxylic acid groups (broad SMARTS) is 1. The smallest absolute Gasteiger partial charge is 0.371 e. The van der Waals surface area contributed by atoms with Crippen molar-refractivity contribution in [3.63, 3.8) is 0 Å². The van der Waals surface area contributed by atoms with Crippen molar-refractivity contribution in [2.75, 3.05) is 5.73 Å². The number of nitrogens with two attached hydrogens (primary N) is 1. The van der Waals surface area contributed by atoms with Crippen molar-refractivity contribution in [1.29, 1.82) is 0 Å². The van der Waals surface area contributed by atoms with Crippen LogP contribution in [-0.2, 0) is 5.75 Å². The topological polar surface area (TPSA) is 118 Å². The molecule has 20 heavy (non-hydrogen) atoms. The van der Waals surface area contributed by atoms with E-state index in [2.05, 4.69) is 15.2 Å². The van der Waals surface area contributed by atoms with Gasteiger partial charge >= 0.3 is 5.97 Å². The molecule has 0 radical (unpaired) electrons. The van der Waals surface area contributed by atoms with E-state index in [9.17, 15) is 4.79 Å². The lowest BCUT2D eigenvalue weighted by molar-refractivity contribution is 0.0665. The molecular weight excluding hydrogens is 280 g/mol. The molecule has 3 aromatic rings. The molecule has 0 spiro atoms. The maximum absolute atomic E-state index is 10.8. The van der Waals surface area contributed by atoms with E-state index in [1.54, 1.807) is 6.07 Å². The van der Waals surface area contributed by atoms with E-state index >= 15 is 0 Å². The number of rotatable bonds is 4. The van der Waals surface area contributed by atoms with Gasteiger partial charge in [-0.15, -0.1) is 5.10 Å². The van der Waals surface area contributed by atoms with Gasteiger partial charge in [0.2, 0.25) is 16.9 Å². The Morgan fingerprint density at radius 1 is 1.45 bits per heavy atom. The molecule has 2 heterocycles. The molecule has 2 aromatic heterocycles. The first-order valence-electron chi connectivity index (χ1n) is 5.68. The summed E-state index contributed by atoms with van der Waals surface area (Å²) in [5.74, 6) is -0.204. The molecule has 0 fully saturated rings. The molecule has 0 bridgehead atoms. The fraction of sp³-hybridized carbons (Fsp3) is 0.0833. The number of aromatic amines is 1. The fourth-order valence-electron chi connectivity index (χ4n) is 1.76. The molecule has 0 amide bonds. The van der Waals surface area contributed by atoms with Gasteiger partial charge < -0.3 is 15.3 Å². The fourth-order valence-corrected chi connectivity index (χ4v) is 2.51. The number of anilines is 1. The van der Waals surface area contributed by atoms with Crippen molar-refractivity contribution in [3.8, 4) is 0 Å². The minimum Gasteiger partial charge on any atom is -0.475 e. The molecule has 0 saturated carbocycles. The number of thioether (sulfide) groups is 1. The lowest BCUT2D eigenvalue weighted by Crippen LogP contribution is -1.91. The summed E-state index contributed by atoms with van der Waals surface area (Å²) in [6, 6.07) is 7.02. The summed E-state index contributed by atoms with van der Waals surface area (Å²) < 4.78 is 5.20. The Morgan fingerprint density at radius 2 is 2.30 bits per heavy atom. The third-order valence-electron chi connectivity index (χ3n) is 2.64. The van der Waals surface area contributed by atoms with Gasteiger partial charge in [-0.1, -0.05) is 17.8 Å². The highest BCUT2D eigenvalue weighted by atomic mass is 32.2. The summed E-state index contributed by atoms with van der Waals surface area (Å²) in [5, 5.41) is 16.7. The molecule has 102 valence electrons. The van der Waals surface area contributed by atoms with Crippen LogP contribution in [0.5, 0.6) is 0 Å². The van der Waals surface area contributed by atoms with E-state index < -0.39 is 5.97 Å². The molecule has 4 N–H and O–H groups in total. The number of nitrogens with zero attached hydrogens (tertiary/aromatic N) is 2. The van der Waals surface area contributed by atoms with E-state index in [1.165, 1.54) is 17.8 Å². The number of hydrogen-bond donors (Lipinski definition) is 3. The number of benzene rings is 1. The Kier molecular flexibility index (Phi) is 3.07. The summed E-state index contributed by atoms with van der Waals surface area (Å²) >= 11 is 1.44. The first kappa shape index (κ1) is 12.5. The second-order valence-corrected chi connectivity index (χ2v) is 5.02. The summed E-state index contributed by atoms with van der Waals surface area (Å²) in [4.78, 5) is 14.8. The second kappa shape index (κ2) is 4.89. The molecule has 1 aromatic carbocycles. The average Bonchev–Trinajstić information content (AvgIpc) is 3.01. The van der Waals surface area contributed by atoms with Crippen molar-refractivity contribution >= 4 is 34.6 Å². The number of aromatic nitrogens is 3. The number of aromatic carboxylic acids is 1. The zero-order valence-electron chi connectivity index (χ0n) is 10.2. The Labute approximate surface area is 117 Å². The Morgan fingerprint density at radius 3 is 3.00 bits per heavy atom. The quantitative estimate of drug-likeness (QED) is 0.630. The number of H-pyrrole nitrogens is 1. The van der Waals surface area contributed by atoms with Gasteiger partial charge in [-0.3, -0.25) is 0 Å². The predicted molar refractivity (Wildman–Crippen MR) is 73.5 cm³/mol. The molecule has 0 saturated heterocycles. The molecule has 0 unspecified atom stereocenters. The molecule has 7 nitrogen and oxygen atoms in total. The monoisotopic (exact) mass is 290 g/mol. The van der Waals surface area contributed by atoms with Crippen LogP contribution < -0.4 is 5.73 Å². The van der Waals surface area contributed by atoms with Crippen molar-refractivity contribution in [3.05, 3.63) is 35.6 Å². The van der Waals surface area contributed by atoms with Gasteiger partial charge in [0.15, 0.2) is 0 Å². The van der Waals surface area contributed by atoms with Crippen LogP contribution >= 0.6 is 11.8 Å². The van der Waals surface area contributed by atoms with Crippen molar-refractivity contribution < 1.29 is 14.3 Å². The summed E-state index contributed by atoms with van der Waals surface area (Å²) in [5.41, 5.74) is 7.01. The van der Waals surface area contributed by atoms with Gasteiger partial charge in [0, 0.05) is 11.1 Å². The molecule has 0 aliphatic rings. The number of hydrogen-bond acceptors (Lipinski definition) is 6. The van der Waals surface area contributed by atoms with E-state index in [0.717, 1.165) is 10.9 Å². The summed E-state index contributed by atoms with van der Waals surface area (Å²) in [6.07, 6.45) is 0. The van der Waals surface area contributed by atoms with Crippen LogP contribution in [0.1, 0.15) is 16.1 Å². The molecule has 8 heteroatoms. The van der Waals surface area contributed by atoms with E-state index in [1.807, 2.05) is 12.1 Å². The normalized spacial score (nSPS) is 11.0. The Bertz CT molecular complexity index is 780. The van der Waals surface area contributed by atoms with Crippen LogP contribution in [0.25, 0.3) is 11.0 Å². The van der Waals surface area contributed by atoms with E-state index in [4.69, 9.17) is 15.3 Å². The number of nitrogen functional groups attached to an aromatic ring is 1. The minimum absolute atomic E-state index is 0.0634. The highest BCUT2D eigenvalue weighted by Gasteiger charge is 2.11. The standard InChI is InChI=1S/C12H10N4O3S/c13-11-14-12(16-15-11)20-5-6-1-2-8-7(3-6)4-9(19-8)10(17)18/h1-4H,5H2,(H,17,18)(H3,13,14,15,16). The van der Waals surface area contributed by atoms with E-state index in [0.29, 0.717) is 16.5 Å². The first-order valence-corrected chi connectivity index (χ1v) is 6.67. The van der Waals surface area contributed by atoms with Gasteiger partial charge in [0.25, 0.3) is 0 Å². The summed E-state index contributed by atoms with van der Waals surface area (Å²) in [7, 11) is 0. The molecule has 3 rings (SSSR count). The van der Waals surface area contributed by atoms with Crippen molar-refractivity contribution in [2.45, 2.75) is 10.9 Å². The van der Waals surface area contributed by atoms with Gasteiger partial charge in [0.1, 0.15) is 5.58 Å². The number of nitrogens with one attached hydrogen (secondary N) is 1. The SMILES string of the molecule is Nc1nc(SCc2ccc3oc(C(=O)O)cc3c2)n[nH]1. The first-order chi connectivity index (χ1) is 9.61. The van der Waals surface area contributed by atoms with Crippen LogP contribution in [0.15, 0.2) is 33.8 Å². The zero-order chi connectivity index (χ0) is 14.1. The van der Waals surface area contributed by atoms with Crippen molar-refractivity contribution in [2.24, 2.45) is 0 Å². The van der Waals surface area contributed by atoms with Gasteiger partial charge in [0.05, 0.1) is 0 Å². The molecular formula is C12H10N4O3S. The largest absolute Gasteiger partial charge is 0.475 e.